The van der Waals surface area contributed by atoms with Crippen LogP contribution in [0.1, 0.15) is 48.7 Å². The summed E-state index contributed by atoms with van der Waals surface area (Å²) < 4.78 is 0. The van der Waals surface area contributed by atoms with Gasteiger partial charge in [0.2, 0.25) is 5.91 Å². The lowest BCUT2D eigenvalue weighted by molar-refractivity contribution is -0.141. The number of hydrogen-bond acceptors (Lipinski definition) is 3. The van der Waals surface area contributed by atoms with Crippen LogP contribution in [0.2, 0.25) is 0 Å². The van der Waals surface area contributed by atoms with Crippen LogP contribution in [0.5, 0.6) is 0 Å². The summed E-state index contributed by atoms with van der Waals surface area (Å²) in [5, 5.41) is 14.7. The van der Waals surface area contributed by atoms with E-state index >= 15 is 0 Å². The Hall–Kier alpha value is -3.15. The molecule has 1 unspecified atom stereocenters. The highest BCUT2D eigenvalue weighted by Gasteiger charge is 2.13. The standard InChI is InChI=1S/C23H28N2O4/c1-14(2)11-21(26)25-20-10-7-18(13-15(20)3)22(27)24-19-8-5-17(6-9-19)12-16(4)23(28)29/h5-10,13-14,16H,11-12H2,1-4H3,(H,24,27)(H,25,26)(H,28,29). The third-order valence-corrected chi connectivity index (χ3v) is 4.53. The van der Waals surface area contributed by atoms with Crippen LogP contribution in [0.15, 0.2) is 42.5 Å². The number of carboxylic acids is 1. The Labute approximate surface area is 171 Å². The average molecular weight is 396 g/mol. The molecule has 2 aromatic carbocycles. The fourth-order valence-corrected chi connectivity index (χ4v) is 2.89. The fraction of sp³-hybridized carbons (Fsp3) is 0.348. The Bertz CT molecular complexity index is 888. The molecule has 0 saturated carbocycles. The van der Waals surface area contributed by atoms with Gasteiger partial charge in [0.05, 0.1) is 5.92 Å². The molecule has 6 nitrogen and oxygen atoms in total. The molecule has 0 aliphatic heterocycles. The number of carboxylic acid groups (broad SMARTS) is 1. The summed E-state index contributed by atoms with van der Waals surface area (Å²) >= 11 is 0. The van der Waals surface area contributed by atoms with Gasteiger partial charge in [-0.15, -0.1) is 0 Å². The smallest absolute Gasteiger partial charge is 0.306 e. The lowest BCUT2D eigenvalue weighted by Crippen LogP contribution is -2.16. The molecule has 1 atom stereocenters. The van der Waals surface area contributed by atoms with E-state index in [2.05, 4.69) is 10.6 Å². The van der Waals surface area contributed by atoms with Crippen molar-refractivity contribution in [3.05, 3.63) is 59.2 Å². The van der Waals surface area contributed by atoms with Crippen molar-refractivity contribution < 1.29 is 19.5 Å². The van der Waals surface area contributed by atoms with Gasteiger partial charge in [0, 0.05) is 23.4 Å². The fourth-order valence-electron chi connectivity index (χ4n) is 2.89. The third-order valence-electron chi connectivity index (χ3n) is 4.53. The van der Waals surface area contributed by atoms with Gasteiger partial charge in [0.15, 0.2) is 0 Å². The number of aliphatic carboxylic acids is 1. The molecule has 0 saturated heterocycles. The number of carbonyl (C=O) groups is 3. The Balaban J connectivity index is 2.01. The Morgan fingerprint density at radius 2 is 1.62 bits per heavy atom. The van der Waals surface area contributed by atoms with Crippen LogP contribution in [0.25, 0.3) is 0 Å². The first-order chi connectivity index (χ1) is 13.7. The normalized spacial score (nSPS) is 11.8. The number of hydrogen-bond donors (Lipinski definition) is 3. The van der Waals surface area contributed by atoms with Crippen molar-refractivity contribution in [3.63, 3.8) is 0 Å². The molecule has 0 aliphatic rings. The number of nitrogens with one attached hydrogen (secondary N) is 2. The predicted molar refractivity (Wildman–Crippen MR) is 114 cm³/mol. The minimum atomic E-state index is -0.832. The lowest BCUT2D eigenvalue weighted by atomic mass is 10.0. The summed E-state index contributed by atoms with van der Waals surface area (Å²) in [5.74, 6) is -1.31. The second kappa shape index (κ2) is 9.87. The molecule has 2 rings (SSSR count). The van der Waals surface area contributed by atoms with Crippen molar-refractivity contribution in [2.45, 2.75) is 40.5 Å². The molecule has 0 aromatic heterocycles. The molecule has 0 aliphatic carbocycles. The number of anilines is 2. The maximum Gasteiger partial charge on any atom is 0.306 e. The molecule has 6 heteroatoms. The van der Waals surface area contributed by atoms with Crippen molar-refractivity contribution in [2.75, 3.05) is 10.6 Å². The maximum absolute atomic E-state index is 12.5. The number of amides is 2. The van der Waals surface area contributed by atoms with E-state index in [1.54, 1.807) is 37.3 Å². The number of rotatable bonds is 8. The van der Waals surface area contributed by atoms with Crippen LogP contribution in [-0.2, 0) is 16.0 Å². The molecule has 0 heterocycles. The molecule has 0 radical (unpaired) electrons. The van der Waals surface area contributed by atoms with Crippen LogP contribution >= 0.6 is 0 Å². The van der Waals surface area contributed by atoms with E-state index in [4.69, 9.17) is 5.11 Å². The molecule has 3 N–H and O–H groups in total. The molecule has 0 fully saturated rings. The number of aryl methyl sites for hydroxylation is 1. The molecule has 0 bridgehead atoms. The quantitative estimate of drug-likeness (QED) is 0.612. The second-order valence-electron chi connectivity index (χ2n) is 7.77. The minimum absolute atomic E-state index is 0.0439. The third kappa shape index (κ3) is 6.75. The summed E-state index contributed by atoms with van der Waals surface area (Å²) in [6.07, 6.45) is 0.885. The molecule has 154 valence electrons. The first kappa shape index (κ1) is 22.1. The molecule has 2 aromatic rings. The van der Waals surface area contributed by atoms with E-state index < -0.39 is 11.9 Å². The Morgan fingerprint density at radius 1 is 0.966 bits per heavy atom. The first-order valence-electron chi connectivity index (χ1n) is 9.69. The van der Waals surface area contributed by atoms with Gasteiger partial charge in [0.1, 0.15) is 0 Å². The molecule has 29 heavy (non-hydrogen) atoms. The van der Waals surface area contributed by atoms with Crippen molar-refractivity contribution >= 4 is 29.2 Å². The van der Waals surface area contributed by atoms with Gasteiger partial charge in [0.25, 0.3) is 5.91 Å². The lowest BCUT2D eigenvalue weighted by Gasteiger charge is -2.12. The van der Waals surface area contributed by atoms with Gasteiger partial charge in [-0.25, -0.2) is 0 Å². The SMILES string of the molecule is Cc1cc(C(=O)Nc2ccc(CC(C)C(=O)O)cc2)ccc1NC(=O)CC(C)C. The van der Waals surface area contributed by atoms with E-state index in [0.717, 1.165) is 11.1 Å². The van der Waals surface area contributed by atoms with E-state index in [-0.39, 0.29) is 17.7 Å². The molecular formula is C23H28N2O4. The second-order valence-corrected chi connectivity index (χ2v) is 7.77. The van der Waals surface area contributed by atoms with Crippen molar-refractivity contribution in [1.82, 2.24) is 0 Å². The van der Waals surface area contributed by atoms with Crippen LogP contribution in [-0.4, -0.2) is 22.9 Å². The summed E-state index contributed by atoms with van der Waals surface area (Å²) in [5.41, 5.74) is 3.54. The zero-order valence-corrected chi connectivity index (χ0v) is 17.3. The van der Waals surface area contributed by atoms with Crippen LogP contribution in [0, 0.1) is 18.8 Å². The van der Waals surface area contributed by atoms with Crippen molar-refractivity contribution in [2.24, 2.45) is 11.8 Å². The Morgan fingerprint density at radius 3 is 2.17 bits per heavy atom. The summed E-state index contributed by atoms with van der Waals surface area (Å²) in [6, 6.07) is 12.3. The van der Waals surface area contributed by atoms with E-state index in [1.165, 1.54) is 0 Å². The largest absolute Gasteiger partial charge is 0.481 e. The zero-order chi connectivity index (χ0) is 21.6. The highest BCUT2D eigenvalue weighted by Crippen LogP contribution is 2.19. The maximum atomic E-state index is 12.5. The van der Waals surface area contributed by atoms with E-state index in [0.29, 0.717) is 29.8 Å². The van der Waals surface area contributed by atoms with Crippen LogP contribution in [0.3, 0.4) is 0 Å². The molecule has 2 amide bonds. The highest BCUT2D eigenvalue weighted by molar-refractivity contribution is 6.05. The van der Waals surface area contributed by atoms with E-state index in [9.17, 15) is 14.4 Å². The highest BCUT2D eigenvalue weighted by atomic mass is 16.4. The predicted octanol–water partition coefficient (Wildman–Crippen LogP) is 4.50. The average Bonchev–Trinajstić information content (AvgIpc) is 2.64. The van der Waals surface area contributed by atoms with Gasteiger partial charge >= 0.3 is 5.97 Å². The monoisotopic (exact) mass is 396 g/mol. The van der Waals surface area contributed by atoms with Gasteiger partial charge in [-0.2, -0.15) is 0 Å². The number of benzene rings is 2. The number of carbonyl (C=O) groups excluding carboxylic acids is 2. The van der Waals surface area contributed by atoms with Crippen LogP contribution < -0.4 is 10.6 Å². The van der Waals surface area contributed by atoms with Gasteiger partial charge < -0.3 is 15.7 Å². The molecular weight excluding hydrogens is 368 g/mol. The van der Waals surface area contributed by atoms with E-state index in [1.807, 2.05) is 32.9 Å². The first-order valence-corrected chi connectivity index (χ1v) is 9.69. The zero-order valence-electron chi connectivity index (χ0n) is 17.3. The Kier molecular flexibility index (Phi) is 7.53. The van der Waals surface area contributed by atoms with Gasteiger partial charge in [-0.05, 0) is 60.7 Å². The summed E-state index contributed by atoms with van der Waals surface area (Å²) in [4.78, 5) is 35.4. The van der Waals surface area contributed by atoms with Gasteiger partial charge in [-0.1, -0.05) is 32.9 Å². The van der Waals surface area contributed by atoms with Crippen LogP contribution in [0.4, 0.5) is 11.4 Å². The summed E-state index contributed by atoms with van der Waals surface area (Å²) in [6.45, 7) is 7.48. The minimum Gasteiger partial charge on any atom is -0.481 e. The van der Waals surface area contributed by atoms with Crippen molar-refractivity contribution in [3.8, 4) is 0 Å². The topological polar surface area (TPSA) is 95.5 Å². The molecule has 0 spiro atoms. The van der Waals surface area contributed by atoms with Crippen molar-refractivity contribution in [1.29, 1.82) is 0 Å². The van der Waals surface area contributed by atoms with Gasteiger partial charge in [-0.3, -0.25) is 14.4 Å². The summed E-state index contributed by atoms with van der Waals surface area (Å²) in [7, 11) is 0.